The minimum absolute atomic E-state index is 0.246. The second-order valence-electron chi connectivity index (χ2n) is 6.02. The van der Waals surface area contributed by atoms with Gasteiger partial charge in [0.15, 0.2) is 0 Å². The molecule has 0 saturated heterocycles. The van der Waals surface area contributed by atoms with Gasteiger partial charge in [0, 0.05) is 18.1 Å². The number of carboxylic acid groups (broad SMARTS) is 1. The van der Waals surface area contributed by atoms with E-state index in [2.05, 4.69) is 12.2 Å². The van der Waals surface area contributed by atoms with Crippen molar-refractivity contribution in [3.8, 4) is 0 Å². The van der Waals surface area contributed by atoms with E-state index in [1.807, 2.05) is 6.92 Å². The van der Waals surface area contributed by atoms with Crippen LogP contribution in [0.5, 0.6) is 0 Å². The summed E-state index contributed by atoms with van der Waals surface area (Å²) in [7, 11) is 0. The largest absolute Gasteiger partial charge is 0.480 e. The van der Waals surface area contributed by atoms with E-state index in [0.29, 0.717) is 12.1 Å². The molecular weight excluding hydrogens is 242 g/mol. The Hall–Kier alpha value is -0.610. The van der Waals surface area contributed by atoms with Gasteiger partial charge in [0.25, 0.3) is 0 Å². The average molecular weight is 269 g/mol. The number of ether oxygens (including phenoxy) is 1. The lowest BCUT2D eigenvalue weighted by Gasteiger charge is -2.61. The summed E-state index contributed by atoms with van der Waals surface area (Å²) in [5, 5.41) is 12.7. The van der Waals surface area contributed by atoms with E-state index in [9.17, 15) is 9.90 Å². The normalized spacial score (nSPS) is 29.6. The topological polar surface area (TPSA) is 58.6 Å². The molecule has 0 radical (unpaired) electrons. The highest BCUT2D eigenvalue weighted by atomic mass is 16.5. The Bertz CT molecular complexity index is 315. The van der Waals surface area contributed by atoms with E-state index in [1.165, 1.54) is 19.3 Å². The standard InChI is InChI=1S/C15H27NO3/c1-3-5-7-11(14(17)18)16-12-10-13(19-4-2)15(12)8-6-9-15/h11-13,16H,3-10H2,1-2H3,(H,17,18)/t11-,12?,13?/m0/s1. The lowest BCUT2D eigenvalue weighted by Crippen LogP contribution is -2.68. The summed E-state index contributed by atoms with van der Waals surface area (Å²) < 4.78 is 5.80. The first kappa shape index (κ1) is 14.8. The second kappa shape index (κ2) is 6.23. The zero-order valence-corrected chi connectivity index (χ0v) is 12.2. The molecule has 4 nitrogen and oxygen atoms in total. The number of nitrogens with one attached hydrogen (secondary N) is 1. The summed E-state index contributed by atoms with van der Waals surface area (Å²) >= 11 is 0. The lowest BCUT2D eigenvalue weighted by molar-refractivity contribution is -0.177. The Balaban J connectivity index is 1.89. The number of carbonyl (C=O) groups is 1. The molecule has 3 atom stereocenters. The van der Waals surface area contributed by atoms with Gasteiger partial charge >= 0.3 is 5.97 Å². The van der Waals surface area contributed by atoms with Crippen LogP contribution in [0.25, 0.3) is 0 Å². The number of unbranched alkanes of at least 4 members (excludes halogenated alkanes) is 1. The van der Waals surface area contributed by atoms with Gasteiger partial charge in [-0.05, 0) is 32.6 Å². The van der Waals surface area contributed by atoms with Crippen LogP contribution < -0.4 is 5.32 Å². The lowest BCUT2D eigenvalue weighted by atomic mass is 9.51. The highest BCUT2D eigenvalue weighted by molar-refractivity contribution is 5.73. The van der Waals surface area contributed by atoms with Crippen LogP contribution in [0.15, 0.2) is 0 Å². The molecule has 2 unspecified atom stereocenters. The van der Waals surface area contributed by atoms with Crippen molar-refractivity contribution in [1.82, 2.24) is 5.32 Å². The Morgan fingerprint density at radius 1 is 1.47 bits per heavy atom. The average Bonchev–Trinajstić information content (AvgIpc) is 2.29. The maximum absolute atomic E-state index is 11.3. The van der Waals surface area contributed by atoms with Gasteiger partial charge in [-0.15, -0.1) is 0 Å². The molecule has 0 heterocycles. The van der Waals surface area contributed by atoms with Crippen LogP contribution in [0.3, 0.4) is 0 Å². The third kappa shape index (κ3) is 2.79. The van der Waals surface area contributed by atoms with E-state index in [0.717, 1.165) is 32.3 Å². The van der Waals surface area contributed by atoms with Gasteiger partial charge in [-0.2, -0.15) is 0 Å². The Morgan fingerprint density at radius 2 is 2.21 bits per heavy atom. The number of rotatable bonds is 8. The molecule has 0 amide bonds. The van der Waals surface area contributed by atoms with Crippen molar-refractivity contribution in [2.24, 2.45) is 5.41 Å². The van der Waals surface area contributed by atoms with E-state index < -0.39 is 5.97 Å². The third-order valence-electron chi connectivity index (χ3n) is 4.98. The Morgan fingerprint density at radius 3 is 2.68 bits per heavy atom. The number of aliphatic carboxylic acids is 1. The van der Waals surface area contributed by atoms with Gasteiger partial charge in [-0.25, -0.2) is 0 Å². The smallest absolute Gasteiger partial charge is 0.320 e. The van der Waals surface area contributed by atoms with Crippen molar-refractivity contribution in [2.75, 3.05) is 6.61 Å². The van der Waals surface area contributed by atoms with E-state index in [1.54, 1.807) is 0 Å². The summed E-state index contributed by atoms with van der Waals surface area (Å²) in [5.41, 5.74) is 0.246. The Labute approximate surface area is 115 Å². The van der Waals surface area contributed by atoms with Crippen LogP contribution in [0.2, 0.25) is 0 Å². The van der Waals surface area contributed by atoms with Gasteiger partial charge < -0.3 is 15.2 Å². The van der Waals surface area contributed by atoms with E-state index in [4.69, 9.17) is 4.74 Å². The van der Waals surface area contributed by atoms with Crippen molar-refractivity contribution in [2.45, 2.75) is 77.0 Å². The Kier molecular flexibility index (Phi) is 4.85. The predicted molar refractivity (Wildman–Crippen MR) is 74.2 cm³/mol. The zero-order valence-electron chi connectivity index (χ0n) is 12.2. The molecule has 4 heteroatoms. The van der Waals surface area contributed by atoms with Crippen molar-refractivity contribution < 1.29 is 14.6 Å². The first-order chi connectivity index (χ1) is 9.14. The molecule has 0 aromatic rings. The fourth-order valence-electron chi connectivity index (χ4n) is 3.60. The highest BCUT2D eigenvalue weighted by Gasteiger charge is 2.59. The zero-order chi connectivity index (χ0) is 13.9. The van der Waals surface area contributed by atoms with Crippen LogP contribution >= 0.6 is 0 Å². The van der Waals surface area contributed by atoms with Gasteiger partial charge in [0.2, 0.25) is 0 Å². The molecule has 2 fully saturated rings. The molecule has 0 aliphatic heterocycles. The third-order valence-corrected chi connectivity index (χ3v) is 4.98. The van der Waals surface area contributed by atoms with E-state index >= 15 is 0 Å². The molecule has 2 saturated carbocycles. The summed E-state index contributed by atoms with van der Waals surface area (Å²) in [6.45, 7) is 4.90. The fraction of sp³-hybridized carbons (Fsp3) is 0.933. The number of carboxylic acids is 1. The van der Waals surface area contributed by atoms with Gasteiger partial charge in [-0.1, -0.05) is 26.2 Å². The summed E-state index contributed by atoms with van der Waals surface area (Å²) in [5.74, 6) is -0.706. The first-order valence-electron chi connectivity index (χ1n) is 7.74. The molecule has 110 valence electrons. The van der Waals surface area contributed by atoms with Crippen molar-refractivity contribution in [1.29, 1.82) is 0 Å². The van der Waals surface area contributed by atoms with Gasteiger partial charge in [0.05, 0.1) is 6.10 Å². The molecule has 2 aliphatic carbocycles. The monoisotopic (exact) mass is 269 g/mol. The highest BCUT2D eigenvalue weighted by Crippen LogP contribution is 2.57. The first-order valence-corrected chi connectivity index (χ1v) is 7.74. The van der Waals surface area contributed by atoms with E-state index in [-0.39, 0.29) is 11.5 Å². The van der Waals surface area contributed by atoms with Crippen molar-refractivity contribution >= 4 is 5.97 Å². The number of hydrogen-bond donors (Lipinski definition) is 2. The molecule has 0 bridgehead atoms. The van der Waals surface area contributed by atoms with Gasteiger partial charge in [0.1, 0.15) is 6.04 Å². The summed E-state index contributed by atoms with van der Waals surface area (Å²) in [6.07, 6.45) is 7.71. The van der Waals surface area contributed by atoms with Crippen molar-refractivity contribution in [3.63, 3.8) is 0 Å². The SMILES string of the molecule is CCCC[C@H](NC1CC(OCC)C12CCC2)C(=O)O. The molecule has 2 rings (SSSR count). The molecule has 19 heavy (non-hydrogen) atoms. The second-order valence-corrected chi connectivity index (χ2v) is 6.02. The molecule has 2 aliphatic rings. The maximum atomic E-state index is 11.3. The quantitative estimate of drug-likeness (QED) is 0.711. The molecule has 1 spiro atoms. The maximum Gasteiger partial charge on any atom is 0.320 e. The molecular formula is C15H27NO3. The van der Waals surface area contributed by atoms with Crippen LogP contribution in [0.1, 0.15) is 58.8 Å². The van der Waals surface area contributed by atoms with Crippen LogP contribution in [0, 0.1) is 5.41 Å². The fourth-order valence-corrected chi connectivity index (χ4v) is 3.60. The van der Waals surface area contributed by atoms with Crippen LogP contribution in [-0.2, 0) is 9.53 Å². The van der Waals surface area contributed by atoms with Crippen LogP contribution in [0.4, 0.5) is 0 Å². The minimum atomic E-state index is -0.706. The minimum Gasteiger partial charge on any atom is -0.480 e. The molecule has 2 N–H and O–H groups in total. The van der Waals surface area contributed by atoms with Crippen molar-refractivity contribution in [3.05, 3.63) is 0 Å². The summed E-state index contributed by atoms with van der Waals surface area (Å²) in [4.78, 5) is 11.3. The molecule has 0 aromatic carbocycles. The summed E-state index contributed by atoms with van der Waals surface area (Å²) in [6, 6.07) is -0.0410. The number of hydrogen-bond acceptors (Lipinski definition) is 3. The molecule has 0 aromatic heterocycles. The predicted octanol–water partition coefficient (Wildman–Crippen LogP) is 2.57. The van der Waals surface area contributed by atoms with Gasteiger partial charge in [-0.3, -0.25) is 4.79 Å². The van der Waals surface area contributed by atoms with Crippen LogP contribution in [-0.4, -0.2) is 35.9 Å².